The van der Waals surface area contributed by atoms with Crippen LogP contribution in [0.25, 0.3) is 0 Å². The summed E-state index contributed by atoms with van der Waals surface area (Å²) in [6.07, 6.45) is 1.80. The van der Waals surface area contributed by atoms with Crippen molar-refractivity contribution >= 4 is 17.5 Å². The molecule has 0 saturated heterocycles. The predicted octanol–water partition coefficient (Wildman–Crippen LogP) is 2.15. The smallest absolute Gasteiger partial charge is 0.224 e. The van der Waals surface area contributed by atoms with E-state index < -0.39 is 5.95 Å². The molecule has 1 rings (SSSR count). The molecule has 0 saturated carbocycles. The normalized spacial score (nSPS) is 9.92. The molecule has 0 unspecified atom stereocenters. The van der Waals surface area contributed by atoms with Crippen molar-refractivity contribution < 1.29 is 9.18 Å². The molecule has 0 bridgehead atoms. The number of ketones is 1. The molecule has 1 aromatic heterocycles. The maximum Gasteiger partial charge on any atom is 0.224 e. The molecule has 0 aromatic carbocycles. The number of Topliss-reactive ketones (excluding diaryl/α,β-unsaturated/α-hetero) is 1. The lowest BCUT2D eigenvalue weighted by atomic mass is 10.2. The van der Waals surface area contributed by atoms with E-state index in [-0.39, 0.29) is 11.3 Å². The first kappa shape index (κ1) is 9.19. The van der Waals surface area contributed by atoms with E-state index in [1.807, 2.05) is 0 Å². The summed E-state index contributed by atoms with van der Waals surface area (Å²) >= 11 is 1.34. The highest BCUT2D eigenvalue weighted by molar-refractivity contribution is 7.98. The van der Waals surface area contributed by atoms with E-state index >= 15 is 0 Å². The molecule has 0 spiro atoms. The average molecular weight is 185 g/mol. The highest BCUT2D eigenvalue weighted by Crippen LogP contribution is 2.14. The summed E-state index contributed by atoms with van der Waals surface area (Å²) in [6.45, 7) is 1.32. The SMILES string of the molecule is CSc1ccc(C(C)=O)c(F)n1. The van der Waals surface area contributed by atoms with Crippen molar-refractivity contribution in [1.29, 1.82) is 0 Å². The molecule has 0 aliphatic carbocycles. The Labute approximate surface area is 74.2 Å². The topological polar surface area (TPSA) is 30.0 Å². The fraction of sp³-hybridized carbons (Fsp3) is 0.250. The molecule has 0 N–H and O–H groups in total. The number of halogens is 1. The zero-order chi connectivity index (χ0) is 9.14. The third-order valence-electron chi connectivity index (χ3n) is 1.41. The van der Waals surface area contributed by atoms with Crippen LogP contribution in [-0.4, -0.2) is 17.0 Å². The first-order valence-corrected chi connectivity index (χ1v) is 4.59. The number of nitrogens with zero attached hydrogens (tertiary/aromatic N) is 1. The summed E-state index contributed by atoms with van der Waals surface area (Å²) in [6, 6.07) is 3.08. The Hall–Kier alpha value is -0.900. The third kappa shape index (κ3) is 1.82. The molecule has 64 valence electrons. The van der Waals surface area contributed by atoms with Crippen molar-refractivity contribution in [2.45, 2.75) is 11.9 Å². The molecule has 0 fully saturated rings. The monoisotopic (exact) mass is 185 g/mol. The first-order chi connectivity index (χ1) is 5.65. The van der Waals surface area contributed by atoms with Crippen molar-refractivity contribution in [2.24, 2.45) is 0 Å². The maximum atomic E-state index is 12.9. The zero-order valence-electron chi connectivity index (χ0n) is 6.80. The van der Waals surface area contributed by atoms with Crippen molar-refractivity contribution in [3.63, 3.8) is 0 Å². The largest absolute Gasteiger partial charge is 0.294 e. The van der Waals surface area contributed by atoms with Crippen LogP contribution in [0.4, 0.5) is 4.39 Å². The Bertz CT molecular complexity index is 314. The number of pyridine rings is 1. The second-order valence-electron chi connectivity index (χ2n) is 2.25. The van der Waals surface area contributed by atoms with Gasteiger partial charge in [-0.3, -0.25) is 4.79 Å². The molecule has 12 heavy (non-hydrogen) atoms. The Kier molecular flexibility index (Phi) is 2.81. The van der Waals surface area contributed by atoms with Crippen LogP contribution < -0.4 is 0 Å². The van der Waals surface area contributed by atoms with Gasteiger partial charge in [-0.2, -0.15) is 4.39 Å². The van der Waals surface area contributed by atoms with Crippen LogP contribution in [0, 0.1) is 5.95 Å². The number of hydrogen-bond donors (Lipinski definition) is 0. The molecule has 2 nitrogen and oxygen atoms in total. The van der Waals surface area contributed by atoms with Gasteiger partial charge in [-0.15, -0.1) is 11.8 Å². The van der Waals surface area contributed by atoms with Gasteiger partial charge in [0.2, 0.25) is 5.95 Å². The predicted molar refractivity (Wildman–Crippen MR) is 46.0 cm³/mol. The lowest BCUT2D eigenvalue weighted by Crippen LogP contribution is -1.99. The standard InChI is InChI=1S/C8H8FNOS/c1-5(11)6-3-4-7(12-2)10-8(6)9/h3-4H,1-2H3. The van der Waals surface area contributed by atoms with Crippen molar-refractivity contribution in [2.75, 3.05) is 6.26 Å². The van der Waals surface area contributed by atoms with Gasteiger partial charge in [0.25, 0.3) is 0 Å². The number of hydrogen-bond acceptors (Lipinski definition) is 3. The van der Waals surface area contributed by atoms with Crippen LogP contribution in [0.2, 0.25) is 0 Å². The highest BCUT2D eigenvalue weighted by atomic mass is 32.2. The summed E-state index contributed by atoms with van der Waals surface area (Å²) < 4.78 is 12.9. The quantitative estimate of drug-likeness (QED) is 0.401. The van der Waals surface area contributed by atoms with E-state index in [0.717, 1.165) is 0 Å². The van der Waals surface area contributed by atoms with Crippen LogP contribution >= 0.6 is 11.8 Å². The van der Waals surface area contributed by atoms with Gasteiger partial charge in [-0.25, -0.2) is 4.98 Å². The van der Waals surface area contributed by atoms with E-state index in [1.165, 1.54) is 24.8 Å². The maximum absolute atomic E-state index is 12.9. The fourth-order valence-corrected chi connectivity index (χ4v) is 1.17. The van der Waals surface area contributed by atoms with Crippen molar-refractivity contribution in [1.82, 2.24) is 4.98 Å². The second-order valence-corrected chi connectivity index (χ2v) is 3.07. The lowest BCUT2D eigenvalue weighted by Gasteiger charge is -1.98. The Morgan fingerprint density at radius 1 is 1.58 bits per heavy atom. The van der Waals surface area contributed by atoms with Crippen LogP contribution in [0.3, 0.4) is 0 Å². The average Bonchev–Trinajstić information content (AvgIpc) is 2.03. The molecule has 1 heterocycles. The van der Waals surface area contributed by atoms with Gasteiger partial charge in [0, 0.05) is 0 Å². The lowest BCUT2D eigenvalue weighted by molar-refractivity contribution is 0.101. The molecule has 0 atom stereocenters. The highest BCUT2D eigenvalue weighted by Gasteiger charge is 2.08. The van der Waals surface area contributed by atoms with E-state index in [9.17, 15) is 9.18 Å². The third-order valence-corrected chi connectivity index (χ3v) is 2.06. The molecule has 4 heteroatoms. The fourth-order valence-electron chi connectivity index (χ4n) is 0.794. The molecule has 1 aromatic rings. The minimum Gasteiger partial charge on any atom is -0.294 e. The van der Waals surface area contributed by atoms with Gasteiger partial charge in [0.05, 0.1) is 10.6 Å². The van der Waals surface area contributed by atoms with Crippen LogP contribution in [-0.2, 0) is 0 Å². The van der Waals surface area contributed by atoms with E-state index in [4.69, 9.17) is 0 Å². The van der Waals surface area contributed by atoms with E-state index in [1.54, 1.807) is 12.3 Å². The van der Waals surface area contributed by atoms with E-state index in [2.05, 4.69) is 4.98 Å². The molecule has 0 radical (unpaired) electrons. The zero-order valence-corrected chi connectivity index (χ0v) is 7.61. The minimum absolute atomic E-state index is 0.0489. The molecule has 0 amide bonds. The molecular formula is C8H8FNOS. The van der Waals surface area contributed by atoms with Crippen LogP contribution in [0.15, 0.2) is 17.2 Å². The van der Waals surface area contributed by atoms with Gasteiger partial charge >= 0.3 is 0 Å². The van der Waals surface area contributed by atoms with Crippen LogP contribution in [0.5, 0.6) is 0 Å². The second kappa shape index (κ2) is 3.67. The number of carbonyl (C=O) groups is 1. The number of aromatic nitrogens is 1. The van der Waals surface area contributed by atoms with Gasteiger partial charge in [0.15, 0.2) is 5.78 Å². The van der Waals surface area contributed by atoms with Crippen molar-refractivity contribution in [3.8, 4) is 0 Å². The summed E-state index contributed by atoms with van der Waals surface area (Å²) in [4.78, 5) is 14.4. The first-order valence-electron chi connectivity index (χ1n) is 3.36. The van der Waals surface area contributed by atoms with Crippen molar-refractivity contribution in [3.05, 3.63) is 23.6 Å². The van der Waals surface area contributed by atoms with Gasteiger partial charge in [0.1, 0.15) is 0 Å². The summed E-state index contributed by atoms with van der Waals surface area (Å²) in [5.41, 5.74) is 0.0489. The molecule has 0 aliphatic rings. The summed E-state index contributed by atoms with van der Waals surface area (Å²) in [5.74, 6) is -0.984. The summed E-state index contributed by atoms with van der Waals surface area (Å²) in [5, 5.41) is 0.581. The Morgan fingerprint density at radius 2 is 2.25 bits per heavy atom. The Balaban J connectivity index is 3.12. The Morgan fingerprint density at radius 3 is 2.67 bits per heavy atom. The molecule has 0 aliphatic heterocycles. The van der Waals surface area contributed by atoms with Gasteiger partial charge < -0.3 is 0 Å². The van der Waals surface area contributed by atoms with Gasteiger partial charge in [-0.05, 0) is 25.3 Å². The number of thioether (sulfide) groups is 1. The van der Waals surface area contributed by atoms with E-state index in [0.29, 0.717) is 5.03 Å². The minimum atomic E-state index is -0.686. The van der Waals surface area contributed by atoms with Crippen LogP contribution in [0.1, 0.15) is 17.3 Å². The van der Waals surface area contributed by atoms with Gasteiger partial charge in [-0.1, -0.05) is 0 Å². The number of rotatable bonds is 2. The number of carbonyl (C=O) groups excluding carboxylic acids is 1. The summed E-state index contributed by atoms with van der Waals surface area (Å²) in [7, 11) is 0. The molecular weight excluding hydrogens is 177 g/mol.